The Morgan fingerprint density at radius 3 is 1.96 bits per heavy atom. The van der Waals surface area contributed by atoms with Crippen LogP contribution in [0.1, 0.15) is 0 Å². The average molecular weight is 328 g/mol. The minimum absolute atomic E-state index is 0.0581. The summed E-state index contributed by atoms with van der Waals surface area (Å²) < 4.78 is 21.1. The fourth-order valence-corrected chi connectivity index (χ4v) is 2.30. The number of aliphatic hydroxyl groups excluding tert-OH is 1. The van der Waals surface area contributed by atoms with Crippen LogP contribution in [0.2, 0.25) is 0 Å². The molecule has 2 heterocycles. The van der Waals surface area contributed by atoms with E-state index in [4.69, 9.17) is 29.2 Å². The van der Waals surface area contributed by atoms with E-state index >= 15 is 0 Å². The zero-order valence-corrected chi connectivity index (χ0v) is 12.0. The molecule has 0 radical (unpaired) electrons. The summed E-state index contributed by atoms with van der Waals surface area (Å²) in [6.07, 6.45) is 1.29. The van der Waals surface area contributed by atoms with Crippen molar-refractivity contribution < 1.29 is 43.5 Å². The molecule has 0 spiro atoms. The van der Waals surface area contributed by atoms with Gasteiger partial charge >= 0.3 is 17.9 Å². The standard InChI is InChI=1S/C14H16O9/c15-5-1-2-11(18)22-8-6-20-14-9(7-21-13(8)14)23-12(19)4-3-10(16)17/h1-4,8-9,13-15H,5-7H2,(H,16,17)/b2-1+,4-3+/t8-,9-,13-,14-/m1/s1. The molecule has 0 aromatic carbocycles. The molecule has 0 aliphatic carbocycles. The quantitative estimate of drug-likeness (QED) is 0.456. The first-order valence-corrected chi connectivity index (χ1v) is 6.84. The Morgan fingerprint density at radius 2 is 1.48 bits per heavy atom. The molecule has 2 aliphatic heterocycles. The molecule has 0 amide bonds. The van der Waals surface area contributed by atoms with Crippen LogP contribution in [0.4, 0.5) is 0 Å². The van der Waals surface area contributed by atoms with Crippen LogP contribution < -0.4 is 0 Å². The summed E-state index contributed by atoms with van der Waals surface area (Å²) in [5, 5.41) is 17.0. The Labute approximate surface area is 131 Å². The van der Waals surface area contributed by atoms with Gasteiger partial charge in [-0.25, -0.2) is 14.4 Å². The van der Waals surface area contributed by atoms with Crippen molar-refractivity contribution in [1.82, 2.24) is 0 Å². The van der Waals surface area contributed by atoms with E-state index in [0.717, 1.165) is 12.2 Å². The van der Waals surface area contributed by atoms with E-state index < -0.39 is 42.3 Å². The molecular formula is C14H16O9. The molecule has 2 saturated heterocycles. The number of carboxylic acids is 1. The molecule has 126 valence electrons. The predicted molar refractivity (Wildman–Crippen MR) is 72.2 cm³/mol. The van der Waals surface area contributed by atoms with Gasteiger partial charge in [-0.1, -0.05) is 6.08 Å². The van der Waals surface area contributed by atoms with Crippen LogP contribution in [0.3, 0.4) is 0 Å². The number of esters is 2. The van der Waals surface area contributed by atoms with E-state index in [1.54, 1.807) is 0 Å². The lowest BCUT2D eigenvalue weighted by Crippen LogP contribution is -2.35. The van der Waals surface area contributed by atoms with Gasteiger partial charge in [0.25, 0.3) is 0 Å². The van der Waals surface area contributed by atoms with Crippen LogP contribution in [0.5, 0.6) is 0 Å². The maximum atomic E-state index is 11.5. The van der Waals surface area contributed by atoms with E-state index in [1.165, 1.54) is 6.08 Å². The van der Waals surface area contributed by atoms with Crippen molar-refractivity contribution in [2.75, 3.05) is 19.8 Å². The van der Waals surface area contributed by atoms with Gasteiger partial charge in [0.1, 0.15) is 12.2 Å². The first-order chi connectivity index (χ1) is 11.0. The number of carbonyl (C=O) groups excluding carboxylic acids is 2. The van der Waals surface area contributed by atoms with Crippen LogP contribution in [0, 0.1) is 0 Å². The smallest absolute Gasteiger partial charge is 0.331 e. The molecule has 0 bridgehead atoms. The Balaban J connectivity index is 1.86. The lowest BCUT2D eigenvalue weighted by molar-refractivity contribution is -0.149. The summed E-state index contributed by atoms with van der Waals surface area (Å²) in [5.74, 6) is -2.72. The minimum atomic E-state index is -1.26. The Hall–Kier alpha value is -2.23. The number of hydrogen-bond donors (Lipinski definition) is 2. The van der Waals surface area contributed by atoms with Crippen molar-refractivity contribution in [2.24, 2.45) is 0 Å². The second kappa shape index (κ2) is 7.86. The maximum Gasteiger partial charge on any atom is 0.331 e. The van der Waals surface area contributed by atoms with Crippen LogP contribution in [0.25, 0.3) is 0 Å². The Bertz CT molecular complexity index is 524. The van der Waals surface area contributed by atoms with Crippen molar-refractivity contribution >= 4 is 17.9 Å². The molecule has 0 aromatic rings. The zero-order chi connectivity index (χ0) is 16.8. The summed E-state index contributed by atoms with van der Waals surface area (Å²) in [4.78, 5) is 33.3. The van der Waals surface area contributed by atoms with E-state index in [2.05, 4.69) is 0 Å². The number of rotatable bonds is 6. The molecule has 23 heavy (non-hydrogen) atoms. The van der Waals surface area contributed by atoms with Crippen LogP contribution >= 0.6 is 0 Å². The van der Waals surface area contributed by atoms with Gasteiger partial charge in [-0.15, -0.1) is 0 Å². The van der Waals surface area contributed by atoms with Gasteiger partial charge < -0.3 is 29.2 Å². The van der Waals surface area contributed by atoms with Gasteiger partial charge in [-0.05, 0) is 0 Å². The molecule has 2 aliphatic rings. The number of aliphatic hydroxyl groups is 1. The topological polar surface area (TPSA) is 129 Å². The summed E-state index contributed by atoms with van der Waals surface area (Å²) in [6, 6.07) is 0. The van der Waals surface area contributed by atoms with Crippen molar-refractivity contribution in [3.8, 4) is 0 Å². The van der Waals surface area contributed by atoms with E-state index in [9.17, 15) is 14.4 Å². The SMILES string of the molecule is O=C(O)/C=C/C(=O)O[C@@H]1CO[C@H]2[C@@H]1OC[C@H]2OC(=O)/C=C/CO. The summed E-state index contributed by atoms with van der Waals surface area (Å²) in [6.45, 7) is -0.129. The third kappa shape index (κ3) is 4.62. The van der Waals surface area contributed by atoms with Crippen molar-refractivity contribution in [3.05, 3.63) is 24.3 Å². The lowest BCUT2D eigenvalue weighted by atomic mass is 10.1. The maximum absolute atomic E-state index is 11.5. The van der Waals surface area contributed by atoms with Crippen molar-refractivity contribution in [1.29, 1.82) is 0 Å². The van der Waals surface area contributed by atoms with Gasteiger partial charge in [0, 0.05) is 18.2 Å². The number of aliphatic carboxylic acids is 1. The second-order valence-electron chi connectivity index (χ2n) is 4.80. The summed E-state index contributed by atoms with van der Waals surface area (Å²) >= 11 is 0. The molecule has 2 fully saturated rings. The van der Waals surface area contributed by atoms with Crippen molar-refractivity contribution in [2.45, 2.75) is 24.4 Å². The highest BCUT2D eigenvalue weighted by atomic mass is 16.7. The third-order valence-electron chi connectivity index (χ3n) is 3.22. The molecule has 2 rings (SSSR count). The van der Waals surface area contributed by atoms with Gasteiger partial charge in [0.2, 0.25) is 0 Å². The first-order valence-electron chi connectivity index (χ1n) is 6.84. The number of hydrogen-bond acceptors (Lipinski definition) is 8. The van der Waals surface area contributed by atoms with Gasteiger partial charge in [-0.3, -0.25) is 0 Å². The number of carbonyl (C=O) groups is 3. The summed E-state index contributed by atoms with van der Waals surface area (Å²) in [7, 11) is 0. The number of ether oxygens (including phenoxy) is 4. The molecule has 0 aromatic heterocycles. The van der Waals surface area contributed by atoms with Crippen LogP contribution in [-0.2, 0) is 33.3 Å². The average Bonchev–Trinajstić information content (AvgIpc) is 3.07. The molecular weight excluding hydrogens is 312 g/mol. The van der Waals surface area contributed by atoms with Crippen molar-refractivity contribution in [3.63, 3.8) is 0 Å². The van der Waals surface area contributed by atoms with Gasteiger partial charge in [0.05, 0.1) is 19.8 Å². The van der Waals surface area contributed by atoms with Crippen LogP contribution in [0.15, 0.2) is 24.3 Å². The van der Waals surface area contributed by atoms with Crippen LogP contribution in [-0.4, -0.2) is 72.4 Å². The highest BCUT2D eigenvalue weighted by Gasteiger charge is 2.50. The number of fused-ring (bicyclic) bond motifs is 1. The van der Waals surface area contributed by atoms with E-state index in [-0.39, 0.29) is 19.8 Å². The molecule has 9 nitrogen and oxygen atoms in total. The molecule has 4 atom stereocenters. The highest BCUT2D eigenvalue weighted by molar-refractivity contribution is 5.90. The molecule has 0 unspecified atom stereocenters. The molecule has 2 N–H and O–H groups in total. The second-order valence-corrected chi connectivity index (χ2v) is 4.80. The van der Waals surface area contributed by atoms with Gasteiger partial charge in [0.15, 0.2) is 12.2 Å². The monoisotopic (exact) mass is 328 g/mol. The normalized spacial score (nSPS) is 29.8. The van der Waals surface area contributed by atoms with E-state index in [1.807, 2.05) is 0 Å². The molecule has 9 heteroatoms. The zero-order valence-electron chi connectivity index (χ0n) is 12.0. The van der Waals surface area contributed by atoms with E-state index in [0.29, 0.717) is 6.08 Å². The minimum Gasteiger partial charge on any atom is -0.478 e. The first kappa shape index (κ1) is 17.1. The third-order valence-corrected chi connectivity index (χ3v) is 3.22. The Kier molecular flexibility index (Phi) is 5.85. The Morgan fingerprint density at radius 1 is 0.957 bits per heavy atom. The van der Waals surface area contributed by atoms with Gasteiger partial charge in [-0.2, -0.15) is 0 Å². The largest absolute Gasteiger partial charge is 0.478 e. The fraction of sp³-hybridized carbons (Fsp3) is 0.500. The highest BCUT2D eigenvalue weighted by Crippen LogP contribution is 2.30. The lowest BCUT2D eigenvalue weighted by Gasteiger charge is -2.16. The number of carboxylic acid groups (broad SMARTS) is 1. The molecule has 0 saturated carbocycles. The fourth-order valence-electron chi connectivity index (χ4n) is 2.30. The summed E-state index contributed by atoms with van der Waals surface area (Å²) in [5.41, 5.74) is 0. The predicted octanol–water partition coefficient (Wildman–Crippen LogP) is -1.20.